The van der Waals surface area contributed by atoms with Gasteiger partial charge in [-0.1, -0.05) is 15.9 Å². The molecular formula is C15H15BrFNO3S. The number of sulfonamides is 1. The lowest BCUT2D eigenvalue weighted by Gasteiger charge is -2.14. The largest absolute Gasteiger partial charge is 0.492 e. The maximum atomic E-state index is 13.1. The van der Waals surface area contributed by atoms with Crippen LogP contribution in [0.4, 0.5) is 10.1 Å². The van der Waals surface area contributed by atoms with Gasteiger partial charge in [0.25, 0.3) is 10.0 Å². The highest BCUT2D eigenvalue weighted by atomic mass is 79.9. The first kappa shape index (κ1) is 16.8. The number of halogens is 2. The monoisotopic (exact) mass is 387 g/mol. The number of hydrogen-bond donors (Lipinski definition) is 1. The first-order valence-corrected chi connectivity index (χ1v) is 8.82. The lowest BCUT2D eigenvalue weighted by atomic mass is 10.2. The minimum Gasteiger partial charge on any atom is -0.492 e. The highest BCUT2D eigenvalue weighted by molar-refractivity contribution is 9.10. The van der Waals surface area contributed by atoms with Gasteiger partial charge in [-0.05, 0) is 55.8 Å². The highest BCUT2D eigenvalue weighted by Crippen LogP contribution is 2.30. The maximum absolute atomic E-state index is 13.1. The van der Waals surface area contributed by atoms with Gasteiger partial charge < -0.3 is 4.74 Å². The van der Waals surface area contributed by atoms with E-state index < -0.39 is 15.8 Å². The minimum absolute atomic E-state index is 0.0208. The molecule has 0 unspecified atom stereocenters. The summed E-state index contributed by atoms with van der Waals surface area (Å²) in [4.78, 5) is 0.0208. The molecule has 118 valence electrons. The van der Waals surface area contributed by atoms with E-state index in [4.69, 9.17) is 4.74 Å². The van der Waals surface area contributed by atoms with Crippen LogP contribution in [-0.4, -0.2) is 15.0 Å². The standard InChI is InChI=1S/C15H15BrFNO3S/c1-3-21-14-7-4-11(16)9-15(14)22(19,20)18-13-6-5-12(17)8-10(13)2/h4-9,18H,3H2,1-2H3. The summed E-state index contributed by atoms with van der Waals surface area (Å²) in [6.07, 6.45) is 0. The van der Waals surface area contributed by atoms with Crippen molar-refractivity contribution in [2.24, 2.45) is 0 Å². The van der Waals surface area contributed by atoms with Crippen molar-refractivity contribution in [3.63, 3.8) is 0 Å². The predicted molar refractivity (Wildman–Crippen MR) is 87.3 cm³/mol. The van der Waals surface area contributed by atoms with E-state index in [0.717, 1.165) is 0 Å². The third kappa shape index (κ3) is 3.78. The van der Waals surface area contributed by atoms with Crippen LogP contribution in [0.1, 0.15) is 12.5 Å². The second kappa shape index (κ2) is 6.66. The predicted octanol–water partition coefficient (Wildman–Crippen LogP) is 4.10. The molecule has 0 spiro atoms. The van der Waals surface area contributed by atoms with Crippen molar-refractivity contribution in [3.05, 3.63) is 52.3 Å². The summed E-state index contributed by atoms with van der Waals surface area (Å²) in [5.41, 5.74) is 0.820. The number of nitrogens with one attached hydrogen (secondary N) is 1. The Labute approximate surface area is 137 Å². The lowest BCUT2D eigenvalue weighted by molar-refractivity contribution is 0.331. The summed E-state index contributed by atoms with van der Waals surface area (Å²) in [6, 6.07) is 8.61. The zero-order valence-electron chi connectivity index (χ0n) is 12.1. The molecule has 1 N–H and O–H groups in total. The number of ether oxygens (including phenoxy) is 1. The van der Waals surface area contributed by atoms with Gasteiger partial charge in [0.2, 0.25) is 0 Å². The third-order valence-electron chi connectivity index (χ3n) is 2.93. The molecule has 4 nitrogen and oxygen atoms in total. The summed E-state index contributed by atoms with van der Waals surface area (Å²) in [7, 11) is -3.85. The van der Waals surface area contributed by atoms with Crippen molar-refractivity contribution in [2.75, 3.05) is 11.3 Å². The van der Waals surface area contributed by atoms with E-state index in [1.807, 2.05) is 0 Å². The molecule has 0 aliphatic carbocycles. The third-order valence-corrected chi connectivity index (χ3v) is 4.81. The topological polar surface area (TPSA) is 55.4 Å². The Morgan fingerprint density at radius 2 is 1.95 bits per heavy atom. The van der Waals surface area contributed by atoms with Crippen LogP contribution in [0.2, 0.25) is 0 Å². The summed E-state index contributed by atoms with van der Waals surface area (Å²) in [6.45, 7) is 3.75. The molecule has 0 bridgehead atoms. The first-order chi connectivity index (χ1) is 10.3. The molecule has 0 fully saturated rings. The molecule has 0 saturated heterocycles. The fraction of sp³-hybridized carbons (Fsp3) is 0.200. The average Bonchev–Trinajstić information content (AvgIpc) is 2.44. The molecule has 2 aromatic rings. The van der Waals surface area contributed by atoms with E-state index in [1.54, 1.807) is 26.0 Å². The Morgan fingerprint density at radius 3 is 2.59 bits per heavy atom. The Morgan fingerprint density at radius 1 is 1.23 bits per heavy atom. The first-order valence-electron chi connectivity index (χ1n) is 6.55. The van der Waals surface area contributed by atoms with Gasteiger partial charge >= 0.3 is 0 Å². The zero-order valence-corrected chi connectivity index (χ0v) is 14.5. The molecule has 2 rings (SSSR count). The molecular weight excluding hydrogens is 373 g/mol. The van der Waals surface area contributed by atoms with Crippen molar-refractivity contribution in [1.82, 2.24) is 0 Å². The molecule has 7 heteroatoms. The van der Waals surface area contributed by atoms with Gasteiger partial charge in [-0.3, -0.25) is 4.72 Å². The van der Waals surface area contributed by atoms with Gasteiger partial charge in [-0.15, -0.1) is 0 Å². The van der Waals surface area contributed by atoms with Gasteiger partial charge in [0, 0.05) is 4.47 Å². The number of aryl methyl sites for hydroxylation is 1. The average molecular weight is 388 g/mol. The molecule has 0 saturated carbocycles. The van der Waals surface area contributed by atoms with Gasteiger partial charge in [0.1, 0.15) is 16.5 Å². The Hall–Kier alpha value is -1.60. The van der Waals surface area contributed by atoms with E-state index in [1.165, 1.54) is 24.3 Å². The van der Waals surface area contributed by atoms with E-state index >= 15 is 0 Å². The Kier molecular flexibility index (Phi) is 5.08. The molecule has 0 radical (unpaired) electrons. The maximum Gasteiger partial charge on any atom is 0.265 e. The van der Waals surface area contributed by atoms with Gasteiger partial charge in [-0.2, -0.15) is 0 Å². The molecule has 0 amide bonds. The minimum atomic E-state index is -3.85. The number of rotatable bonds is 5. The van der Waals surface area contributed by atoms with Crippen LogP contribution in [0.3, 0.4) is 0 Å². The smallest absolute Gasteiger partial charge is 0.265 e. The van der Waals surface area contributed by atoms with E-state index in [-0.39, 0.29) is 10.6 Å². The van der Waals surface area contributed by atoms with Crippen LogP contribution in [0, 0.1) is 12.7 Å². The number of anilines is 1. The summed E-state index contributed by atoms with van der Waals surface area (Å²) < 4.78 is 46.7. The summed E-state index contributed by atoms with van der Waals surface area (Å²) in [5, 5.41) is 0. The van der Waals surface area contributed by atoms with Crippen LogP contribution in [-0.2, 0) is 10.0 Å². The summed E-state index contributed by atoms with van der Waals surface area (Å²) in [5.74, 6) is -0.157. The lowest BCUT2D eigenvalue weighted by Crippen LogP contribution is -2.15. The highest BCUT2D eigenvalue weighted by Gasteiger charge is 2.21. The Balaban J connectivity index is 2.44. The fourth-order valence-corrected chi connectivity index (χ4v) is 3.72. The SMILES string of the molecule is CCOc1ccc(Br)cc1S(=O)(=O)Nc1ccc(F)cc1C. The molecule has 22 heavy (non-hydrogen) atoms. The van der Waals surface area contributed by atoms with Crippen LogP contribution in [0.15, 0.2) is 45.8 Å². The van der Waals surface area contributed by atoms with Gasteiger partial charge in [-0.25, -0.2) is 12.8 Å². The zero-order chi connectivity index (χ0) is 16.3. The quantitative estimate of drug-likeness (QED) is 0.839. The molecule has 0 aliphatic rings. The van der Waals surface area contributed by atoms with E-state index in [9.17, 15) is 12.8 Å². The van der Waals surface area contributed by atoms with E-state index in [2.05, 4.69) is 20.7 Å². The van der Waals surface area contributed by atoms with Gasteiger partial charge in [0.15, 0.2) is 0 Å². The van der Waals surface area contributed by atoms with Crippen LogP contribution < -0.4 is 9.46 Å². The Bertz CT molecular complexity index is 793. The van der Waals surface area contributed by atoms with Crippen LogP contribution in [0.25, 0.3) is 0 Å². The molecule has 2 aromatic carbocycles. The normalized spacial score (nSPS) is 11.3. The van der Waals surface area contributed by atoms with Crippen molar-refractivity contribution < 1.29 is 17.5 Å². The van der Waals surface area contributed by atoms with E-state index in [0.29, 0.717) is 22.3 Å². The van der Waals surface area contributed by atoms with Crippen molar-refractivity contribution in [1.29, 1.82) is 0 Å². The number of benzene rings is 2. The van der Waals surface area contributed by atoms with Crippen molar-refractivity contribution in [2.45, 2.75) is 18.7 Å². The molecule has 0 aromatic heterocycles. The second-order valence-corrected chi connectivity index (χ2v) is 7.16. The van der Waals surface area contributed by atoms with Crippen molar-refractivity contribution >= 4 is 31.6 Å². The summed E-state index contributed by atoms with van der Waals surface area (Å²) >= 11 is 3.25. The molecule has 0 heterocycles. The molecule has 0 aliphatic heterocycles. The van der Waals surface area contributed by atoms with Gasteiger partial charge in [0.05, 0.1) is 12.3 Å². The second-order valence-electron chi connectivity index (χ2n) is 4.59. The fourth-order valence-electron chi connectivity index (χ4n) is 1.91. The van der Waals surface area contributed by atoms with Crippen LogP contribution in [0.5, 0.6) is 5.75 Å². The molecule has 0 atom stereocenters. The van der Waals surface area contributed by atoms with Crippen molar-refractivity contribution in [3.8, 4) is 5.75 Å². The number of hydrogen-bond acceptors (Lipinski definition) is 3. The van der Waals surface area contributed by atoms with Crippen LogP contribution >= 0.6 is 15.9 Å².